The topological polar surface area (TPSA) is 40.5 Å². The van der Waals surface area contributed by atoms with E-state index in [1.54, 1.807) is 0 Å². The quantitative estimate of drug-likeness (QED) is 0.778. The van der Waals surface area contributed by atoms with Crippen molar-refractivity contribution in [3.8, 4) is 0 Å². The molecular formula is C12H23NO2. The smallest absolute Gasteiger partial charge is 0.308 e. The van der Waals surface area contributed by atoms with Gasteiger partial charge in [0.2, 0.25) is 0 Å². The molecule has 15 heavy (non-hydrogen) atoms. The van der Waals surface area contributed by atoms with Gasteiger partial charge in [0, 0.05) is 6.04 Å². The van der Waals surface area contributed by atoms with Gasteiger partial charge in [-0.05, 0) is 39.3 Å². The van der Waals surface area contributed by atoms with Crippen molar-refractivity contribution >= 4 is 5.97 Å². The van der Waals surface area contributed by atoms with E-state index in [1.165, 1.54) is 12.8 Å². The minimum Gasteiger partial charge on any atom is -0.481 e. The zero-order chi connectivity index (χ0) is 11.4. The lowest BCUT2D eigenvalue weighted by Gasteiger charge is -2.37. The van der Waals surface area contributed by atoms with Gasteiger partial charge in [-0.3, -0.25) is 4.79 Å². The third-order valence-electron chi connectivity index (χ3n) is 3.60. The Kier molecular flexibility index (Phi) is 4.58. The molecule has 88 valence electrons. The highest BCUT2D eigenvalue weighted by atomic mass is 16.4. The van der Waals surface area contributed by atoms with Crippen molar-refractivity contribution in [3.63, 3.8) is 0 Å². The van der Waals surface area contributed by atoms with E-state index < -0.39 is 5.97 Å². The molecule has 0 aromatic rings. The average molecular weight is 213 g/mol. The molecule has 3 heteroatoms. The van der Waals surface area contributed by atoms with Gasteiger partial charge >= 0.3 is 5.97 Å². The first kappa shape index (κ1) is 12.5. The van der Waals surface area contributed by atoms with Crippen LogP contribution in [0, 0.1) is 11.8 Å². The molecule has 1 fully saturated rings. The summed E-state index contributed by atoms with van der Waals surface area (Å²) in [6.07, 6.45) is 5.45. The van der Waals surface area contributed by atoms with Crippen LogP contribution < -0.4 is 0 Å². The predicted octanol–water partition coefficient (Wildman–Crippen LogP) is 2.22. The van der Waals surface area contributed by atoms with Gasteiger partial charge in [0.25, 0.3) is 0 Å². The molecule has 1 aliphatic rings. The Morgan fingerprint density at radius 1 is 1.40 bits per heavy atom. The molecule has 0 aromatic carbocycles. The van der Waals surface area contributed by atoms with Crippen LogP contribution in [0.3, 0.4) is 0 Å². The number of carbonyl (C=O) groups is 1. The zero-order valence-corrected chi connectivity index (χ0v) is 10.1. The molecule has 1 saturated carbocycles. The molecule has 0 heterocycles. The first-order valence-corrected chi connectivity index (χ1v) is 5.95. The summed E-state index contributed by atoms with van der Waals surface area (Å²) in [5.41, 5.74) is 0. The van der Waals surface area contributed by atoms with E-state index in [0.29, 0.717) is 0 Å². The van der Waals surface area contributed by atoms with E-state index in [1.807, 2.05) is 14.1 Å². The first-order chi connectivity index (χ1) is 7.06. The Bertz CT molecular complexity index is 216. The maximum Gasteiger partial charge on any atom is 0.308 e. The maximum absolute atomic E-state index is 11.1. The largest absolute Gasteiger partial charge is 0.481 e. The molecule has 1 aliphatic carbocycles. The fourth-order valence-electron chi connectivity index (χ4n) is 2.76. The van der Waals surface area contributed by atoms with Gasteiger partial charge in [0.1, 0.15) is 0 Å². The van der Waals surface area contributed by atoms with Crippen molar-refractivity contribution in [1.82, 2.24) is 4.90 Å². The molecule has 0 aromatic heterocycles. The molecule has 3 nitrogen and oxygen atoms in total. The van der Waals surface area contributed by atoms with E-state index in [-0.39, 0.29) is 12.0 Å². The molecule has 1 rings (SSSR count). The Labute approximate surface area is 92.5 Å². The van der Waals surface area contributed by atoms with Crippen LogP contribution in [0.2, 0.25) is 0 Å². The summed E-state index contributed by atoms with van der Waals surface area (Å²) in [7, 11) is 3.99. The molecule has 0 spiro atoms. The van der Waals surface area contributed by atoms with Crippen LogP contribution in [-0.2, 0) is 4.79 Å². The highest BCUT2D eigenvalue weighted by molar-refractivity contribution is 5.71. The van der Waals surface area contributed by atoms with Gasteiger partial charge in [0.15, 0.2) is 0 Å². The Hall–Kier alpha value is -0.570. The molecule has 0 aliphatic heterocycles. The van der Waals surface area contributed by atoms with Crippen LogP contribution >= 0.6 is 0 Å². The van der Waals surface area contributed by atoms with E-state index >= 15 is 0 Å². The van der Waals surface area contributed by atoms with Crippen LogP contribution in [0.15, 0.2) is 0 Å². The van der Waals surface area contributed by atoms with E-state index in [0.717, 1.165) is 25.2 Å². The second-order valence-electron chi connectivity index (χ2n) is 4.94. The van der Waals surface area contributed by atoms with Crippen molar-refractivity contribution in [1.29, 1.82) is 0 Å². The number of rotatable bonds is 4. The summed E-state index contributed by atoms with van der Waals surface area (Å²) >= 11 is 0. The number of carboxylic acid groups (broad SMARTS) is 1. The van der Waals surface area contributed by atoms with Crippen molar-refractivity contribution in [2.45, 2.75) is 45.1 Å². The standard InChI is InChI=1S/C12H23NO2/c1-4-5-9-6-7-10(12(14)15)11(8-9)13(2)3/h9-11H,4-8H2,1-3H3,(H,14,15). The minimum atomic E-state index is -0.622. The molecule has 0 radical (unpaired) electrons. The monoisotopic (exact) mass is 213 g/mol. The normalized spacial score (nSPS) is 31.9. The predicted molar refractivity (Wildman–Crippen MR) is 60.8 cm³/mol. The van der Waals surface area contributed by atoms with Crippen LogP contribution in [0.4, 0.5) is 0 Å². The second kappa shape index (κ2) is 5.50. The zero-order valence-electron chi connectivity index (χ0n) is 10.1. The lowest BCUT2D eigenvalue weighted by molar-refractivity contribution is -0.145. The fraction of sp³-hybridized carbons (Fsp3) is 0.917. The summed E-state index contributed by atoms with van der Waals surface area (Å²) in [4.78, 5) is 13.2. The van der Waals surface area contributed by atoms with Gasteiger partial charge < -0.3 is 10.0 Å². The molecule has 0 amide bonds. The molecule has 0 bridgehead atoms. The van der Waals surface area contributed by atoms with Crippen molar-refractivity contribution < 1.29 is 9.90 Å². The highest BCUT2D eigenvalue weighted by Crippen LogP contribution is 2.34. The second-order valence-corrected chi connectivity index (χ2v) is 4.94. The van der Waals surface area contributed by atoms with Gasteiger partial charge in [0.05, 0.1) is 5.92 Å². The summed E-state index contributed by atoms with van der Waals surface area (Å²) in [6.45, 7) is 2.20. The molecule has 0 saturated heterocycles. The van der Waals surface area contributed by atoms with Crippen LogP contribution in [0.1, 0.15) is 39.0 Å². The summed E-state index contributed by atoms with van der Waals surface area (Å²) in [5.74, 6) is -0.0465. The van der Waals surface area contributed by atoms with E-state index in [9.17, 15) is 4.79 Å². The number of nitrogens with zero attached hydrogens (tertiary/aromatic N) is 1. The van der Waals surface area contributed by atoms with E-state index in [4.69, 9.17) is 5.11 Å². The van der Waals surface area contributed by atoms with Crippen molar-refractivity contribution in [3.05, 3.63) is 0 Å². The Balaban J connectivity index is 2.61. The average Bonchev–Trinajstić information content (AvgIpc) is 2.17. The van der Waals surface area contributed by atoms with E-state index in [2.05, 4.69) is 11.8 Å². The van der Waals surface area contributed by atoms with Crippen molar-refractivity contribution in [2.24, 2.45) is 11.8 Å². The van der Waals surface area contributed by atoms with Crippen molar-refractivity contribution in [2.75, 3.05) is 14.1 Å². The van der Waals surface area contributed by atoms with Gasteiger partial charge in [-0.2, -0.15) is 0 Å². The summed E-state index contributed by atoms with van der Waals surface area (Å²) < 4.78 is 0. The highest BCUT2D eigenvalue weighted by Gasteiger charge is 2.35. The fourth-order valence-corrected chi connectivity index (χ4v) is 2.76. The molecule has 3 unspecified atom stereocenters. The van der Waals surface area contributed by atoms with Crippen LogP contribution in [0.25, 0.3) is 0 Å². The minimum absolute atomic E-state index is 0.159. The van der Waals surface area contributed by atoms with Crippen LogP contribution in [-0.4, -0.2) is 36.1 Å². The third-order valence-corrected chi connectivity index (χ3v) is 3.60. The molecule has 1 N–H and O–H groups in total. The number of hydrogen-bond acceptors (Lipinski definition) is 2. The third kappa shape index (κ3) is 3.20. The Morgan fingerprint density at radius 3 is 2.53 bits per heavy atom. The van der Waals surface area contributed by atoms with Gasteiger partial charge in [-0.15, -0.1) is 0 Å². The number of aliphatic carboxylic acids is 1. The lowest BCUT2D eigenvalue weighted by atomic mass is 9.76. The van der Waals surface area contributed by atoms with Gasteiger partial charge in [-0.25, -0.2) is 0 Å². The van der Waals surface area contributed by atoms with Crippen LogP contribution in [0.5, 0.6) is 0 Å². The number of carboxylic acids is 1. The first-order valence-electron chi connectivity index (χ1n) is 5.95. The molecular weight excluding hydrogens is 190 g/mol. The Morgan fingerprint density at radius 2 is 2.07 bits per heavy atom. The summed E-state index contributed by atoms with van der Waals surface area (Å²) in [5, 5.41) is 9.15. The lowest BCUT2D eigenvalue weighted by Crippen LogP contribution is -2.43. The summed E-state index contributed by atoms with van der Waals surface area (Å²) in [6, 6.07) is 0.229. The number of hydrogen-bond donors (Lipinski definition) is 1. The maximum atomic E-state index is 11.1. The van der Waals surface area contributed by atoms with Gasteiger partial charge in [-0.1, -0.05) is 19.8 Å². The SMILES string of the molecule is CCCC1CCC(C(=O)O)C(N(C)C)C1. The molecule has 3 atom stereocenters.